The molecule has 4 N–H and O–H groups in total. The number of halogens is 5. The van der Waals surface area contributed by atoms with E-state index >= 15 is 0 Å². The van der Waals surface area contributed by atoms with E-state index in [4.69, 9.17) is 30.5 Å². The SMILES string of the molecule is CN1OC2(CC(c3ccccc3)Oc3cc(F)c(Br)cc32)N=C1N.CNO.Cl.N#CN=C1CC(c2ccccc2)Oc2cc(F)c(Br)cc21. The van der Waals surface area contributed by atoms with Crippen molar-refractivity contribution in [1.29, 1.82) is 5.26 Å². The number of nitrogens with zero attached hydrogens (tertiary/aromatic N) is 4. The zero-order chi connectivity index (χ0) is 34.4. The van der Waals surface area contributed by atoms with Gasteiger partial charge in [-0.3, -0.25) is 0 Å². The predicted molar refractivity (Wildman–Crippen MR) is 189 cm³/mol. The van der Waals surface area contributed by atoms with Gasteiger partial charge in [-0.2, -0.15) is 10.3 Å². The molecule has 15 heteroatoms. The lowest BCUT2D eigenvalue weighted by Crippen LogP contribution is -2.36. The highest BCUT2D eigenvalue weighted by Gasteiger charge is 2.49. The van der Waals surface area contributed by atoms with E-state index in [1.807, 2.05) is 66.9 Å². The molecule has 3 aliphatic heterocycles. The molecule has 3 atom stereocenters. The summed E-state index contributed by atoms with van der Waals surface area (Å²) in [5, 5.41) is 17.6. The molecule has 0 aliphatic carbocycles. The molecule has 0 bridgehead atoms. The van der Waals surface area contributed by atoms with Crippen molar-refractivity contribution in [2.45, 2.75) is 30.8 Å². The molecular weight excluding hydrogens is 790 g/mol. The highest BCUT2D eigenvalue weighted by molar-refractivity contribution is 9.10. The van der Waals surface area contributed by atoms with Crippen molar-refractivity contribution in [1.82, 2.24) is 10.5 Å². The minimum Gasteiger partial charge on any atom is -0.485 e. The number of rotatable bonds is 2. The second-order valence-electron chi connectivity index (χ2n) is 10.7. The van der Waals surface area contributed by atoms with Gasteiger partial charge in [0.2, 0.25) is 17.9 Å². The largest absolute Gasteiger partial charge is 0.485 e. The van der Waals surface area contributed by atoms with Crippen molar-refractivity contribution in [2.75, 3.05) is 14.1 Å². The molecule has 0 fully saturated rings. The van der Waals surface area contributed by atoms with Crippen LogP contribution in [0.15, 0.2) is 104 Å². The van der Waals surface area contributed by atoms with Crippen LogP contribution in [0, 0.1) is 23.1 Å². The number of aliphatic imine (C=N–C) groups is 2. The molecule has 4 aromatic carbocycles. The fraction of sp³-hybridized carbons (Fsp3) is 0.206. The first kappa shape index (κ1) is 37.7. The summed E-state index contributed by atoms with van der Waals surface area (Å²) in [5.41, 5.74) is 10.5. The second-order valence-corrected chi connectivity index (χ2v) is 12.4. The lowest BCUT2D eigenvalue weighted by Gasteiger charge is -2.37. The van der Waals surface area contributed by atoms with Gasteiger partial charge in [-0.25, -0.2) is 29.2 Å². The zero-order valence-corrected chi connectivity index (χ0v) is 30.1. The number of hydrogen-bond acceptors (Lipinski definition) is 10. The molecule has 49 heavy (non-hydrogen) atoms. The molecule has 1 spiro atoms. The lowest BCUT2D eigenvalue weighted by molar-refractivity contribution is -0.191. The molecule has 10 nitrogen and oxygen atoms in total. The molecule has 3 heterocycles. The van der Waals surface area contributed by atoms with Gasteiger partial charge < -0.3 is 20.4 Å². The fourth-order valence-electron chi connectivity index (χ4n) is 5.43. The Bertz CT molecular complexity index is 1880. The Morgan fingerprint density at radius 3 is 2.04 bits per heavy atom. The van der Waals surface area contributed by atoms with E-state index in [1.165, 1.54) is 24.2 Å². The summed E-state index contributed by atoms with van der Waals surface area (Å²) >= 11 is 6.36. The molecule has 4 aromatic rings. The standard InChI is InChI=1S/C17H15BrFN3O2.C16H10BrFN2O.CH5NO.ClH/c1-22-16(20)21-17(24-22)9-15(10-5-3-2-4-6-10)23-14-8-13(19)12(18)7-11(14)17;17-12-6-11-14(20-9-19)8-15(10-4-2-1-3-5-10)21-16(11)7-13(12)18;1-2-3;/h2-8,15H,9H2,1H3,(H2,20,21);1-7,15H,8H2;2-3H,1H3;1H. The second kappa shape index (κ2) is 16.5. The third-order valence-corrected chi connectivity index (χ3v) is 8.80. The number of fused-ring (bicyclic) bond motifs is 3. The van der Waals surface area contributed by atoms with Crippen molar-refractivity contribution in [3.8, 4) is 17.7 Å². The first-order valence-electron chi connectivity index (χ1n) is 14.6. The highest BCUT2D eigenvalue weighted by Crippen LogP contribution is 2.50. The van der Waals surface area contributed by atoms with Gasteiger partial charge >= 0.3 is 0 Å². The summed E-state index contributed by atoms with van der Waals surface area (Å²) in [6.07, 6.45) is 2.13. The molecule has 3 unspecified atom stereocenters. The Kier molecular flexibility index (Phi) is 12.7. The van der Waals surface area contributed by atoms with Gasteiger partial charge in [0.1, 0.15) is 35.3 Å². The number of nitrogens with one attached hydrogen (secondary N) is 1. The Morgan fingerprint density at radius 1 is 0.959 bits per heavy atom. The van der Waals surface area contributed by atoms with Crippen LogP contribution in [-0.2, 0) is 10.6 Å². The van der Waals surface area contributed by atoms with Gasteiger partial charge in [-0.15, -0.1) is 12.4 Å². The van der Waals surface area contributed by atoms with E-state index in [1.54, 1.807) is 24.7 Å². The quantitative estimate of drug-likeness (QED) is 0.137. The Balaban J connectivity index is 0.000000202. The molecule has 0 saturated heterocycles. The number of nitriles is 1. The molecule has 0 amide bonds. The first-order chi connectivity index (χ1) is 23.1. The monoisotopic (exact) mass is 818 g/mol. The van der Waals surface area contributed by atoms with Crippen molar-refractivity contribution in [2.24, 2.45) is 15.7 Å². The van der Waals surface area contributed by atoms with Crippen molar-refractivity contribution in [3.05, 3.63) is 128 Å². The van der Waals surface area contributed by atoms with Crippen LogP contribution in [0.4, 0.5) is 8.78 Å². The average Bonchev–Trinajstić information content (AvgIpc) is 3.36. The third kappa shape index (κ3) is 8.38. The van der Waals surface area contributed by atoms with E-state index in [0.29, 0.717) is 50.1 Å². The first-order valence-corrected chi connectivity index (χ1v) is 16.1. The van der Waals surface area contributed by atoms with E-state index in [0.717, 1.165) is 11.1 Å². The summed E-state index contributed by atoms with van der Waals surface area (Å²) < 4.78 is 40.3. The molecular formula is C34H31Br2ClF2N6O4. The molecule has 0 saturated carbocycles. The number of hydrogen-bond donors (Lipinski definition) is 3. The van der Waals surface area contributed by atoms with E-state index < -0.39 is 17.4 Å². The topological polar surface area (TPSA) is 138 Å². The maximum atomic E-state index is 14.0. The van der Waals surface area contributed by atoms with Crippen LogP contribution in [0.1, 0.15) is 47.3 Å². The number of guanidine groups is 1. The Hall–Kier alpha value is -4.10. The van der Waals surface area contributed by atoms with Crippen LogP contribution in [0.3, 0.4) is 0 Å². The number of ether oxygens (including phenoxy) is 2. The average molecular weight is 821 g/mol. The van der Waals surface area contributed by atoms with E-state index in [-0.39, 0.29) is 30.6 Å². The summed E-state index contributed by atoms with van der Waals surface area (Å²) in [5.74, 6) is 0.280. The minimum atomic E-state index is -1.02. The minimum absolute atomic E-state index is 0. The van der Waals surface area contributed by atoms with Gasteiger partial charge in [0.25, 0.3) is 0 Å². The van der Waals surface area contributed by atoms with E-state index in [9.17, 15) is 8.78 Å². The maximum Gasteiger partial charge on any atom is 0.222 e. The molecule has 0 radical (unpaired) electrons. The van der Waals surface area contributed by atoms with Crippen molar-refractivity contribution < 1.29 is 28.3 Å². The predicted octanol–water partition coefficient (Wildman–Crippen LogP) is 7.86. The van der Waals surface area contributed by atoms with E-state index in [2.05, 4.69) is 41.8 Å². The van der Waals surface area contributed by atoms with Gasteiger partial charge in [0.15, 0.2) is 0 Å². The number of hydroxylamine groups is 3. The van der Waals surface area contributed by atoms with Gasteiger partial charge in [-0.1, -0.05) is 60.7 Å². The lowest BCUT2D eigenvalue weighted by atomic mass is 9.90. The van der Waals surface area contributed by atoms with Crippen LogP contribution >= 0.6 is 44.3 Å². The summed E-state index contributed by atoms with van der Waals surface area (Å²) in [7, 11) is 3.12. The summed E-state index contributed by atoms with van der Waals surface area (Å²) in [6, 6.07) is 25.3. The van der Waals surface area contributed by atoms with Crippen molar-refractivity contribution >= 4 is 55.9 Å². The van der Waals surface area contributed by atoms with Crippen LogP contribution in [0.2, 0.25) is 0 Å². The molecule has 0 aromatic heterocycles. The Labute approximate surface area is 304 Å². The smallest absolute Gasteiger partial charge is 0.222 e. The third-order valence-electron chi connectivity index (χ3n) is 7.59. The Morgan fingerprint density at radius 2 is 1.49 bits per heavy atom. The van der Waals surface area contributed by atoms with Crippen molar-refractivity contribution in [3.63, 3.8) is 0 Å². The van der Waals surface area contributed by atoms with Crippen LogP contribution in [0.25, 0.3) is 0 Å². The molecule has 7 rings (SSSR count). The van der Waals surface area contributed by atoms with Gasteiger partial charge in [-0.05, 0) is 55.1 Å². The van der Waals surface area contributed by atoms with Crippen LogP contribution in [-0.4, -0.2) is 36.0 Å². The normalized spacial score (nSPS) is 20.8. The van der Waals surface area contributed by atoms with Crippen LogP contribution in [0.5, 0.6) is 11.5 Å². The number of nitrogens with two attached hydrogens (primary N) is 1. The summed E-state index contributed by atoms with van der Waals surface area (Å²) in [4.78, 5) is 14.4. The number of benzene rings is 4. The maximum absolute atomic E-state index is 14.0. The molecule has 256 valence electrons. The van der Waals surface area contributed by atoms with Gasteiger partial charge in [0, 0.05) is 44.6 Å². The highest BCUT2D eigenvalue weighted by atomic mass is 79.9. The molecule has 3 aliphatic rings. The zero-order valence-electron chi connectivity index (χ0n) is 26.1. The van der Waals surface area contributed by atoms with Gasteiger partial charge in [0.05, 0.1) is 20.2 Å². The fourth-order valence-corrected chi connectivity index (χ4v) is 6.12. The summed E-state index contributed by atoms with van der Waals surface area (Å²) in [6.45, 7) is 0. The van der Waals surface area contributed by atoms with Crippen LogP contribution < -0.4 is 20.7 Å².